The van der Waals surface area contributed by atoms with Crippen molar-refractivity contribution in [2.75, 3.05) is 5.75 Å². The molecule has 1 aromatic rings. The molecule has 0 N–H and O–H groups in total. The first-order chi connectivity index (χ1) is 11.9. The molecule has 1 saturated heterocycles. The first-order valence-electron chi connectivity index (χ1n) is 8.74. The van der Waals surface area contributed by atoms with Crippen LogP contribution in [-0.2, 0) is 14.1 Å². The molecule has 1 fully saturated rings. The summed E-state index contributed by atoms with van der Waals surface area (Å²) in [4.78, 5) is 23.0. The fraction of sp³-hybridized carbons (Fsp3) is 0.500. The lowest BCUT2D eigenvalue weighted by Gasteiger charge is -2.32. The average molecular weight is 374 g/mol. The van der Waals surface area contributed by atoms with Gasteiger partial charge in [-0.05, 0) is 64.2 Å². The van der Waals surface area contributed by atoms with Crippen LogP contribution in [0.25, 0.3) is 6.08 Å². The van der Waals surface area contributed by atoms with Gasteiger partial charge in [0, 0.05) is 18.2 Å². The van der Waals surface area contributed by atoms with Crippen LogP contribution in [0, 0.1) is 6.92 Å². The number of carbonyl (C=O) groups excluding carboxylic acids is 2. The number of benzene rings is 1. The van der Waals surface area contributed by atoms with E-state index in [4.69, 9.17) is 9.31 Å². The molecule has 0 saturated carbocycles. The maximum absolute atomic E-state index is 11.6. The summed E-state index contributed by atoms with van der Waals surface area (Å²) in [5, 5.41) is 0.0519. The molecular formula is C20H27BO4S. The monoisotopic (exact) mass is 374 g/mol. The van der Waals surface area contributed by atoms with Crippen LogP contribution in [0.15, 0.2) is 23.7 Å². The van der Waals surface area contributed by atoms with Crippen LogP contribution in [0.3, 0.4) is 0 Å². The molecule has 0 radical (unpaired) electrons. The van der Waals surface area contributed by atoms with Gasteiger partial charge in [0.15, 0.2) is 10.9 Å². The highest BCUT2D eigenvalue weighted by Gasteiger charge is 2.52. The number of ketones is 1. The molecule has 0 atom stereocenters. The van der Waals surface area contributed by atoms with Gasteiger partial charge in [0.1, 0.15) is 0 Å². The lowest BCUT2D eigenvalue weighted by atomic mass is 9.78. The summed E-state index contributed by atoms with van der Waals surface area (Å²) in [7, 11) is -0.501. The Morgan fingerprint density at radius 1 is 1.12 bits per heavy atom. The number of thioether (sulfide) groups is 1. The van der Waals surface area contributed by atoms with Gasteiger partial charge in [-0.1, -0.05) is 30.0 Å². The van der Waals surface area contributed by atoms with Crippen molar-refractivity contribution in [1.82, 2.24) is 0 Å². The van der Waals surface area contributed by atoms with Gasteiger partial charge in [0.2, 0.25) is 0 Å². The fourth-order valence-electron chi connectivity index (χ4n) is 2.61. The minimum atomic E-state index is -0.501. The van der Waals surface area contributed by atoms with E-state index in [9.17, 15) is 9.59 Å². The minimum absolute atomic E-state index is 0.0435. The summed E-state index contributed by atoms with van der Waals surface area (Å²) < 4.78 is 12.3. The lowest BCUT2D eigenvalue weighted by molar-refractivity contribution is -0.109. The van der Waals surface area contributed by atoms with Crippen molar-refractivity contribution in [1.29, 1.82) is 0 Å². The summed E-state index contributed by atoms with van der Waals surface area (Å²) in [6.45, 7) is 13.1. The van der Waals surface area contributed by atoms with Gasteiger partial charge in [-0.3, -0.25) is 9.59 Å². The molecule has 4 nitrogen and oxygen atoms in total. The molecule has 0 spiro atoms. The van der Waals surface area contributed by atoms with Gasteiger partial charge in [-0.15, -0.1) is 0 Å². The summed E-state index contributed by atoms with van der Waals surface area (Å²) >= 11 is 1.24. The Kier molecular flexibility index (Phi) is 6.21. The van der Waals surface area contributed by atoms with Crippen LogP contribution >= 0.6 is 11.8 Å². The van der Waals surface area contributed by atoms with E-state index in [1.807, 2.05) is 58.9 Å². The van der Waals surface area contributed by atoms with Crippen LogP contribution in [-0.4, -0.2) is 35.0 Å². The molecule has 140 valence electrons. The first-order valence-corrected chi connectivity index (χ1v) is 9.72. The van der Waals surface area contributed by atoms with E-state index in [0.717, 1.165) is 16.6 Å². The summed E-state index contributed by atoms with van der Waals surface area (Å²) in [6.07, 6.45) is 2.01. The molecule has 1 aromatic carbocycles. The molecular weight excluding hydrogens is 347 g/mol. The van der Waals surface area contributed by atoms with Crippen LogP contribution in [0.2, 0.25) is 0 Å². The second-order valence-electron chi connectivity index (χ2n) is 7.72. The SMILES string of the molecule is CC(=O)SCC(=Cc1ccc(C(C)=O)cc1C)B1OC(C)(C)C(C)(C)O1. The van der Waals surface area contributed by atoms with Crippen LogP contribution in [0.5, 0.6) is 0 Å². The quantitative estimate of drug-likeness (QED) is 0.561. The number of carbonyl (C=O) groups is 2. The molecule has 1 heterocycles. The molecule has 26 heavy (non-hydrogen) atoms. The Hall–Kier alpha value is -1.37. The van der Waals surface area contributed by atoms with Crippen LogP contribution in [0.1, 0.15) is 63.0 Å². The zero-order valence-electron chi connectivity index (χ0n) is 16.6. The van der Waals surface area contributed by atoms with Crippen molar-refractivity contribution in [3.05, 3.63) is 40.4 Å². The minimum Gasteiger partial charge on any atom is -0.400 e. The Morgan fingerprint density at radius 2 is 1.69 bits per heavy atom. The standard InChI is InChI=1S/C20H27BO4S/c1-13-10-17(14(2)22)9-8-16(13)11-18(12-26-15(3)23)21-24-19(4,5)20(6,7)25-21/h8-11H,12H2,1-7H3. The molecule has 6 heteroatoms. The topological polar surface area (TPSA) is 52.6 Å². The maximum Gasteiger partial charge on any atom is 0.491 e. The van der Waals surface area contributed by atoms with Gasteiger partial charge < -0.3 is 9.31 Å². The summed E-state index contributed by atoms with van der Waals surface area (Å²) in [6, 6.07) is 5.63. The Bertz CT molecular complexity index is 736. The third-order valence-electron chi connectivity index (χ3n) is 5.02. The Balaban J connectivity index is 2.38. The zero-order valence-corrected chi connectivity index (χ0v) is 17.5. The van der Waals surface area contributed by atoms with Gasteiger partial charge in [0.05, 0.1) is 11.2 Å². The van der Waals surface area contributed by atoms with Gasteiger partial charge in [-0.2, -0.15) is 0 Å². The fourth-order valence-corrected chi connectivity index (χ4v) is 3.20. The second-order valence-corrected chi connectivity index (χ2v) is 8.87. The van der Waals surface area contributed by atoms with Gasteiger partial charge in [-0.25, -0.2) is 0 Å². The molecule has 0 bridgehead atoms. The van der Waals surface area contributed by atoms with Crippen molar-refractivity contribution in [3.63, 3.8) is 0 Å². The largest absolute Gasteiger partial charge is 0.491 e. The van der Waals surface area contributed by atoms with Crippen molar-refractivity contribution in [3.8, 4) is 0 Å². The van der Waals surface area contributed by atoms with E-state index in [-0.39, 0.29) is 10.9 Å². The van der Waals surface area contributed by atoms with E-state index < -0.39 is 18.3 Å². The number of Topliss-reactive ketones (excluding diaryl/α,β-unsaturated/α-hetero) is 1. The van der Waals surface area contributed by atoms with Crippen molar-refractivity contribution in [2.45, 2.75) is 59.7 Å². The Morgan fingerprint density at radius 3 is 2.15 bits per heavy atom. The van der Waals surface area contributed by atoms with E-state index in [1.165, 1.54) is 11.8 Å². The molecule has 2 rings (SSSR count). The van der Waals surface area contributed by atoms with Crippen molar-refractivity contribution in [2.24, 2.45) is 0 Å². The van der Waals surface area contributed by atoms with E-state index >= 15 is 0 Å². The first kappa shape index (κ1) is 20.9. The second kappa shape index (κ2) is 7.71. The third-order valence-corrected chi connectivity index (χ3v) is 5.90. The van der Waals surface area contributed by atoms with E-state index in [2.05, 4.69) is 0 Å². The number of hydrogen-bond donors (Lipinski definition) is 0. The highest BCUT2D eigenvalue weighted by molar-refractivity contribution is 8.13. The average Bonchev–Trinajstić information content (AvgIpc) is 2.72. The van der Waals surface area contributed by atoms with Crippen LogP contribution in [0.4, 0.5) is 0 Å². The lowest BCUT2D eigenvalue weighted by Crippen LogP contribution is -2.41. The zero-order chi connectivity index (χ0) is 19.7. The van der Waals surface area contributed by atoms with Crippen molar-refractivity contribution >= 4 is 35.9 Å². The normalized spacial score (nSPS) is 18.9. The molecule has 0 aromatic heterocycles. The molecule has 0 amide bonds. The maximum atomic E-state index is 11.6. The summed E-state index contributed by atoms with van der Waals surface area (Å²) in [5.74, 6) is 0.544. The third kappa shape index (κ3) is 4.67. The predicted octanol–water partition coefficient (Wildman–Crippen LogP) is 4.49. The highest BCUT2D eigenvalue weighted by atomic mass is 32.2. The number of aryl methyl sites for hydroxylation is 1. The van der Waals surface area contributed by atoms with Crippen LogP contribution < -0.4 is 0 Å². The predicted molar refractivity (Wildman–Crippen MR) is 108 cm³/mol. The summed E-state index contributed by atoms with van der Waals surface area (Å²) in [5.41, 5.74) is 2.71. The van der Waals surface area contributed by atoms with E-state index in [1.54, 1.807) is 13.8 Å². The molecule has 1 aliphatic heterocycles. The highest BCUT2D eigenvalue weighted by Crippen LogP contribution is 2.39. The molecule has 0 aliphatic carbocycles. The van der Waals surface area contributed by atoms with Gasteiger partial charge in [0.25, 0.3) is 0 Å². The smallest absolute Gasteiger partial charge is 0.400 e. The van der Waals surface area contributed by atoms with Crippen molar-refractivity contribution < 1.29 is 18.9 Å². The number of hydrogen-bond acceptors (Lipinski definition) is 5. The number of rotatable bonds is 5. The van der Waals surface area contributed by atoms with E-state index in [0.29, 0.717) is 11.3 Å². The van der Waals surface area contributed by atoms with Gasteiger partial charge >= 0.3 is 7.12 Å². The Labute approximate surface area is 160 Å². The molecule has 1 aliphatic rings. The molecule has 0 unspecified atom stereocenters.